The third-order valence-electron chi connectivity index (χ3n) is 1.87. The predicted octanol–water partition coefficient (Wildman–Crippen LogP) is 1.20. The van der Waals surface area contributed by atoms with Gasteiger partial charge < -0.3 is 4.42 Å². The quantitative estimate of drug-likeness (QED) is 0.644. The lowest BCUT2D eigenvalue weighted by molar-refractivity contribution is 0.566. The maximum atomic E-state index is 5.35. The van der Waals surface area contributed by atoms with E-state index in [-0.39, 0.29) is 0 Å². The smallest absolute Gasteiger partial charge is 0.227 e. The summed E-state index contributed by atoms with van der Waals surface area (Å²) in [6.45, 7) is 7.43. The third-order valence-corrected chi connectivity index (χ3v) is 1.87. The number of hydrogen-bond donors (Lipinski definition) is 0. The van der Waals surface area contributed by atoms with Crippen molar-refractivity contribution in [2.45, 2.75) is 0 Å². The number of allylic oxidation sites excluding steroid dienone is 1. The number of fused-ring (bicyclic) bond motifs is 1. The summed E-state index contributed by atoms with van der Waals surface area (Å²) in [6, 6.07) is 3.83. The fraction of sp³-hybridized carbons (Fsp3) is 0. The van der Waals surface area contributed by atoms with Gasteiger partial charge >= 0.3 is 0 Å². The van der Waals surface area contributed by atoms with Crippen LogP contribution in [-0.2, 0) is 0 Å². The summed E-state index contributed by atoms with van der Waals surface area (Å²) in [4.78, 5) is 4.08. The second-order valence-electron chi connectivity index (χ2n) is 2.70. The summed E-state index contributed by atoms with van der Waals surface area (Å²) < 4.78 is 5.35. The van der Waals surface area contributed by atoms with E-state index >= 15 is 0 Å². The largest absolute Gasteiger partial charge is 0.438 e. The minimum atomic E-state index is 0.626. The molecule has 0 aliphatic rings. The van der Waals surface area contributed by atoms with E-state index in [4.69, 9.17) is 4.42 Å². The standard InChI is InChI=1S/C11H9NO/c1-3-5-9-8(2)13-11-10(9)6-4-7-12-11/h3-7H,1-2H2/b9-5+. The molecule has 0 fully saturated rings. The van der Waals surface area contributed by atoms with E-state index in [1.807, 2.05) is 18.2 Å². The molecule has 2 aromatic rings. The highest BCUT2D eigenvalue weighted by atomic mass is 16.3. The SMILES string of the molecule is C=C/C=c1\c(=C)oc2ncccc12. The highest BCUT2D eigenvalue weighted by Crippen LogP contribution is 2.02. The molecule has 2 heteroatoms. The first-order valence-electron chi connectivity index (χ1n) is 3.98. The summed E-state index contributed by atoms with van der Waals surface area (Å²) in [7, 11) is 0. The zero-order chi connectivity index (χ0) is 9.26. The first-order valence-corrected chi connectivity index (χ1v) is 3.98. The van der Waals surface area contributed by atoms with Gasteiger partial charge in [-0.25, -0.2) is 4.98 Å². The Balaban J connectivity index is 3.03. The Hall–Kier alpha value is -1.83. The van der Waals surface area contributed by atoms with Crippen molar-refractivity contribution in [1.82, 2.24) is 4.98 Å². The Morgan fingerprint density at radius 1 is 1.46 bits per heavy atom. The van der Waals surface area contributed by atoms with Crippen molar-refractivity contribution in [1.29, 1.82) is 0 Å². The lowest BCUT2D eigenvalue weighted by Crippen LogP contribution is -2.17. The zero-order valence-corrected chi connectivity index (χ0v) is 7.16. The van der Waals surface area contributed by atoms with Gasteiger partial charge in [0.15, 0.2) is 0 Å². The van der Waals surface area contributed by atoms with Gasteiger partial charge in [0, 0.05) is 16.8 Å². The molecule has 0 N–H and O–H groups in total. The molecular formula is C11H9NO. The molecule has 0 aromatic carbocycles. The Morgan fingerprint density at radius 3 is 3.08 bits per heavy atom. The van der Waals surface area contributed by atoms with Crippen molar-refractivity contribution in [3.05, 3.63) is 41.6 Å². The average Bonchev–Trinajstić information content (AvgIpc) is 2.44. The van der Waals surface area contributed by atoms with E-state index in [0.29, 0.717) is 11.1 Å². The molecule has 2 heterocycles. The van der Waals surface area contributed by atoms with Crippen LogP contribution >= 0.6 is 0 Å². The molecule has 0 atom stereocenters. The van der Waals surface area contributed by atoms with Crippen LogP contribution in [0.4, 0.5) is 0 Å². The Bertz CT molecular complexity index is 551. The maximum absolute atomic E-state index is 5.35. The van der Waals surface area contributed by atoms with Crippen molar-refractivity contribution in [2.75, 3.05) is 0 Å². The average molecular weight is 171 g/mol. The molecule has 0 spiro atoms. The summed E-state index contributed by atoms with van der Waals surface area (Å²) in [5.41, 5.74) is 1.26. The van der Waals surface area contributed by atoms with Gasteiger partial charge in [-0.2, -0.15) is 0 Å². The molecule has 0 amide bonds. The van der Waals surface area contributed by atoms with E-state index in [0.717, 1.165) is 10.6 Å². The van der Waals surface area contributed by atoms with Gasteiger partial charge in [-0.1, -0.05) is 25.3 Å². The van der Waals surface area contributed by atoms with Crippen LogP contribution in [0.25, 0.3) is 23.8 Å². The second kappa shape index (κ2) is 2.90. The number of rotatable bonds is 1. The molecule has 0 aliphatic carbocycles. The molecule has 0 saturated carbocycles. The molecule has 0 radical (unpaired) electrons. The summed E-state index contributed by atoms with van der Waals surface area (Å²) >= 11 is 0. The highest BCUT2D eigenvalue weighted by molar-refractivity contribution is 5.75. The van der Waals surface area contributed by atoms with Crippen LogP contribution in [0.3, 0.4) is 0 Å². The minimum absolute atomic E-state index is 0.626. The summed E-state index contributed by atoms with van der Waals surface area (Å²) in [5, 5.41) is 1.94. The lowest BCUT2D eigenvalue weighted by atomic mass is 10.2. The molecule has 0 saturated heterocycles. The summed E-state index contributed by atoms with van der Waals surface area (Å²) in [6.07, 6.45) is 5.28. The number of hydrogen-bond acceptors (Lipinski definition) is 2. The van der Waals surface area contributed by atoms with Crippen LogP contribution in [0.5, 0.6) is 0 Å². The first kappa shape index (κ1) is 7.80. The van der Waals surface area contributed by atoms with Gasteiger partial charge in [0.1, 0.15) is 5.42 Å². The van der Waals surface area contributed by atoms with E-state index in [9.17, 15) is 0 Å². The van der Waals surface area contributed by atoms with Crippen LogP contribution < -0.4 is 10.6 Å². The van der Waals surface area contributed by atoms with Gasteiger partial charge in [-0.3, -0.25) is 0 Å². The van der Waals surface area contributed by atoms with Crippen molar-refractivity contribution in [3.8, 4) is 0 Å². The van der Waals surface area contributed by atoms with E-state index in [1.165, 1.54) is 0 Å². The fourth-order valence-electron chi connectivity index (χ4n) is 1.30. The van der Waals surface area contributed by atoms with Crippen LogP contribution in [0.1, 0.15) is 0 Å². The molecule has 13 heavy (non-hydrogen) atoms. The third kappa shape index (κ3) is 1.16. The Kier molecular flexibility index (Phi) is 1.74. The highest BCUT2D eigenvalue weighted by Gasteiger charge is 1.99. The van der Waals surface area contributed by atoms with Gasteiger partial charge in [-0.05, 0) is 12.1 Å². The monoisotopic (exact) mass is 171 g/mol. The van der Waals surface area contributed by atoms with Gasteiger partial charge in [0.05, 0.1) is 0 Å². The van der Waals surface area contributed by atoms with E-state index in [2.05, 4.69) is 18.1 Å². The number of pyridine rings is 1. The summed E-state index contributed by atoms with van der Waals surface area (Å²) in [5.74, 6) is 0. The topological polar surface area (TPSA) is 26.0 Å². The predicted molar refractivity (Wildman–Crippen MR) is 53.4 cm³/mol. The van der Waals surface area contributed by atoms with Gasteiger partial charge in [0.25, 0.3) is 0 Å². The van der Waals surface area contributed by atoms with E-state index in [1.54, 1.807) is 12.3 Å². The van der Waals surface area contributed by atoms with Crippen molar-refractivity contribution in [3.63, 3.8) is 0 Å². The van der Waals surface area contributed by atoms with E-state index < -0.39 is 0 Å². The molecule has 2 nitrogen and oxygen atoms in total. The number of aromatic nitrogens is 1. The fourth-order valence-corrected chi connectivity index (χ4v) is 1.30. The van der Waals surface area contributed by atoms with Gasteiger partial charge in [-0.15, -0.1) is 0 Å². The molecule has 0 unspecified atom stereocenters. The van der Waals surface area contributed by atoms with Crippen LogP contribution in [0.2, 0.25) is 0 Å². The van der Waals surface area contributed by atoms with Crippen LogP contribution in [0, 0.1) is 0 Å². The van der Waals surface area contributed by atoms with Crippen LogP contribution in [-0.4, -0.2) is 4.98 Å². The first-order chi connectivity index (χ1) is 6.33. The molecule has 0 aliphatic heterocycles. The van der Waals surface area contributed by atoms with Crippen molar-refractivity contribution >= 4 is 23.8 Å². The Morgan fingerprint density at radius 2 is 2.31 bits per heavy atom. The molecule has 0 bridgehead atoms. The zero-order valence-electron chi connectivity index (χ0n) is 7.16. The molecular weight excluding hydrogens is 162 g/mol. The normalized spacial score (nSPS) is 12.2. The number of furan rings is 1. The van der Waals surface area contributed by atoms with Crippen molar-refractivity contribution < 1.29 is 4.42 Å². The van der Waals surface area contributed by atoms with Crippen LogP contribution in [0.15, 0.2) is 35.4 Å². The van der Waals surface area contributed by atoms with Crippen molar-refractivity contribution in [2.24, 2.45) is 0 Å². The molecule has 2 rings (SSSR count). The maximum Gasteiger partial charge on any atom is 0.227 e. The molecule has 64 valence electrons. The second-order valence-corrected chi connectivity index (χ2v) is 2.70. The lowest BCUT2D eigenvalue weighted by Gasteiger charge is -1.82. The number of nitrogens with zero attached hydrogens (tertiary/aromatic N) is 1. The Labute approximate surface area is 75.5 Å². The minimum Gasteiger partial charge on any atom is -0.438 e. The van der Waals surface area contributed by atoms with Gasteiger partial charge in [0.2, 0.25) is 5.71 Å². The molecule has 2 aromatic heterocycles.